The van der Waals surface area contributed by atoms with Gasteiger partial charge in [-0.25, -0.2) is 4.98 Å². The first kappa shape index (κ1) is 14.6. The van der Waals surface area contributed by atoms with Gasteiger partial charge in [0.05, 0.1) is 26.2 Å². The minimum Gasteiger partial charge on any atom is -0.493 e. The van der Waals surface area contributed by atoms with Crippen LogP contribution in [0.3, 0.4) is 0 Å². The van der Waals surface area contributed by atoms with Crippen LogP contribution in [0.1, 0.15) is 16.8 Å². The second kappa shape index (κ2) is 6.21. The Bertz CT molecular complexity index is 753. The summed E-state index contributed by atoms with van der Waals surface area (Å²) < 4.78 is 15.9. The summed E-state index contributed by atoms with van der Waals surface area (Å²) in [6.45, 7) is 0. The zero-order valence-electron chi connectivity index (χ0n) is 12.3. The first-order chi connectivity index (χ1) is 10.7. The molecular weight excluding hydrogens is 300 g/mol. The van der Waals surface area contributed by atoms with E-state index in [4.69, 9.17) is 19.6 Å². The van der Waals surface area contributed by atoms with Crippen LogP contribution in [0.5, 0.6) is 11.5 Å². The summed E-state index contributed by atoms with van der Waals surface area (Å²) in [5.41, 5.74) is 7.96. The number of ether oxygens (including phenoxy) is 2. The monoisotopic (exact) mass is 316 g/mol. The molecule has 0 saturated heterocycles. The lowest BCUT2D eigenvalue weighted by atomic mass is 10.1. The van der Waals surface area contributed by atoms with E-state index in [0.29, 0.717) is 17.3 Å². The number of hydrogen-bond acceptors (Lipinski definition) is 6. The number of benzene rings is 1. The van der Waals surface area contributed by atoms with Crippen LogP contribution in [0, 0.1) is 0 Å². The Balaban J connectivity index is 1.90. The van der Waals surface area contributed by atoms with Gasteiger partial charge in [-0.2, -0.15) is 0 Å². The second-order valence-corrected chi connectivity index (χ2v) is 5.52. The minimum absolute atomic E-state index is 0.353. The zero-order valence-corrected chi connectivity index (χ0v) is 13.1. The van der Waals surface area contributed by atoms with Crippen molar-refractivity contribution in [1.29, 1.82) is 0 Å². The Hall–Kier alpha value is -2.31. The van der Waals surface area contributed by atoms with E-state index < -0.39 is 0 Å². The van der Waals surface area contributed by atoms with Crippen molar-refractivity contribution < 1.29 is 13.9 Å². The van der Waals surface area contributed by atoms with Gasteiger partial charge < -0.3 is 19.6 Å². The van der Waals surface area contributed by atoms with Crippen LogP contribution >= 0.6 is 11.3 Å². The van der Waals surface area contributed by atoms with E-state index >= 15 is 0 Å². The zero-order chi connectivity index (χ0) is 15.5. The first-order valence-electron chi connectivity index (χ1n) is 6.69. The molecule has 5 nitrogen and oxygen atoms in total. The summed E-state index contributed by atoms with van der Waals surface area (Å²) in [4.78, 5) is 4.60. The summed E-state index contributed by atoms with van der Waals surface area (Å²) in [6, 6.07) is 9.02. The second-order valence-electron chi connectivity index (χ2n) is 4.63. The summed E-state index contributed by atoms with van der Waals surface area (Å²) in [6.07, 6.45) is 1.61. The van der Waals surface area contributed by atoms with Crippen molar-refractivity contribution in [3.8, 4) is 22.8 Å². The molecule has 2 heterocycles. The lowest BCUT2D eigenvalue weighted by Gasteiger charge is -2.08. The van der Waals surface area contributed by atoms with Gasteiger partial charge in [0.1, 0.15) is 16.8 Å². The quantitative estimate of drug-likeness (QED) is 0.780. The lowest BCUT2D eigenvalue weighted by Crippen LogP contribution is -2.10. The van der Waals surface area contributed by atoms with Gasteiger partial charge >= 0.3 is 0 Å². The van der Waals surface area contributed by atoms with Gasteiger partial charge in [0.25, 0.3) is 0 Å². The Morgan fingerprint density at radius 2 is 2.00 bits per heavy atom. The molecule has 0 amide bonds. The third-order valence-corrected chi connectivity index (χ3v) is 4.24. The van der Waals surface area contributed by atoms with Crippen LogP contribution < -0.4 is 15.2 Å². The normalized spacial score (nSPS) is 12.1. The predicted octanol–water partition coefficient (Wildman–Crippen LogP) is 3.47. The molecule has 0 aliphatic heterocycles. The number of furan rings is 1. The highest BCUT2D eigenvalue weighted by Gasteiger charge is 2.17. The van der Waals surface area contributed by atoms with Crippen LogP contribution in [-0.4, -0.2) is 19.2 Å². The van der Waals surface area contributed by atoms with Gasteiger partial charge in [0, 0.05) is 10.9 Å². The van der Waals surface area contributed by atoms with E-state index in [-0.39, 0.29) is 6.04 Å². The summed E-state index contributed by atoms with van der Waals surface area (Å²) in [7, 11) is 3.22. The van der Waals surface area contributed by atoms with Crippen LogP contribution in [0.4, 0.5) is 0 Å². The molecule has 114 valence electrons. The smallest absolute Gasteiger partial charge is 0.161 e. The number of aromatic nitrogens is 1. The van der Waals surface area contributed by atoms with Gasteiger partial charge in [0.15, 0.2) is 11.5 Å². The molecule has 0 radical (unpaired) electrons. The Morgan fingerprint density at radius 1 is 1.18 bits per heavy atom. The van der Waals surface area contributed by atoms with E-state index in [1.807, 2.05) is 35.7 Å². The molecule has 0 bridgehead atoms. The molecule has 0 aliphatic rings. The summed E-state index contributed by atoms with van der Waals surface area (Å²) >= 11 is 1.51. The summed E-state index contributed by atoms with van der Waals surface area (Å²) in [5, 5.41) is 2.78. The average molecular weight is 316 g/mol. The van der Waals surface area contributed by atoms with Crippen molar-refractivity contribution in [1.82, 2.24) is 4.98 Å². The maximum atomic E-state index is 6.16. The fourth-order valence-corrected chi connectivity index (χ4v) is 2.98. The van der Waals surface area contributed by atoms with E-state index in [0.717, 1.165) is 16.3 Å². The largest absolute Gasteiger partial charge is 0.493 e. The molecule has 0 saturated carbocycles. The van der Waals surface area contributed by atoms with Gasteiger partial charge in [0.2, 0.25) is 0 Å². The predicted molar refractivity (Wildman–Crippen MR) is 85.4 cm³/mol. The van der Waals surface area contributed by atoms with Crippen molar-refractivity contribution >= 4 is 11.3 Å². The standard InChI is InChI=1S/C16H16N2O3S/c1-19-12-6-5-10(8-14(12)20-2)11-9-22-16(18-11)15(17)13-4-3-7-21-13/h3-9,15H,17H2,1-2H3. The highest BCUT2D eigenvalue weighted by molar-refractivity contribution is 7.10. The molecule has 0 fully saturated rings. The molecule has 1 unspecified atom stereocenters. The number of methoxy groups -OCH3 is 2. The minimum atomic E-state index is -0.353. The molecule has 6 heteroatoms. The molecule has 3 rings (SSSR count). The van der Waals surface area contributed by atoms with Crippen molar-refractivity contribution in [2.24, 2.45) is 5.73 Å². The van der Waals surface area contributed by atoms with E-state index in [9.17, 15) is 0 Å². The molecular formula is C16H16N2O3S. The van der Waals surface area contributed by atoms with Crippen LogP contribution in [-0.2, 0) is 0 Å². The third kappa shape index (κ3) is 2.70. The molecule has 2 aromatic heterocycles. The van der Waals surface area contributed by atoms with Crippen molar-refractivity contribution in [2.45, 2.75) is 6.04 Å². The van der Waals surface area contributed by atoms with E-state index in [1.54, 1.807) is 20.5 Å². The van der Waals surface area contributed by atoms with E-state index in [2.05, 4.69) is 4.98 Å². The number of rotatable bonds is 5. The van der Waals surface area contributed by atoms with Gasteiger partial charge in [-0.05, 0) is 30.3 Å². The maximum Gasteiger partial charge on any atom is 0.161 e. The third-order valence-electron chi connectivity index (χ3n) is 3.32. The van der Waals surface area contributed by atoms with Crippen molar-refractivity contribution in [3.05, 3.63) is 52.7 Å². The van der Waals surface area contributed by atoms with Gasteiger partial charge in [-0.1, -0.05) is 0 Å². The average Bonchev–Trinajstić information content (AvgIpc) is 3.25. The molecule has 0 aliphatic carbocycles. The van der Waals surface area contributed by atoms with E-state index in [1.165, 1.54) is 11.3 Å². The molecule has 0 spiro atoms. The molecule has 1 aromatic carbocycles. The molecule has 3 aromatic rings. The lowest BCUT2D eigenvalue weighted by molar-refractivity contribution is 0.355. The van der Waals surface area contributed by atoms with Gasteiger partial charge in [-0.3, -0.25) is 0 Å². The first-order valence-corrected chi connectivity index (χ1v) is 7.57. The van der Waals surface area contributed by atoms with Crippen molar-refractivity contribution in [3.63, 3.8) is 0 Å². The number of thiazole rings is 1. The molecule has 22 heavy (non-hydrogen) atoms. The number of hydrogen-bond donors (Lipinski definition) is 1. The topological polar surface area (TPSA) is 70.5 Å². The van der Waals surface area contributed by atoms with Crippen LogP contribution in [0.2, 0.25) is 0 Å². The number of nitrogens with zero attached hydrogens (tertiary/aromatic N) is 1. The van der Waals surface area contributed by atoms with Crippen molar-refractivity contribution in [2.75, 3.05) is 14.2 Å². The van der Waals surface area contributed by atoms with Crippen LogP contribution in [0.15, 0.2) is 46.4 Å². The Morgan fingerprint density at radius 3 is 2.68 bits per heavy atom. The number of nitrogens with two attached hydrogens (primary N) is 1. The summed E-state index contributed by atoms with van der Waals surface area (Å²) in [5.74, 6) is 2.06. The fourth-order valence-electron chi connectivity index (χ4n) is 2.15. The molecule has 2 N–H and O–H groups in total. The highest BCUT2D eigenvalue weighted by Crippen LogP contribution is 2.34. The Kier molecular flexibility index (Phi) is 4.13. The Labute approximate surface area is 132 Å². The van der Waals surface area contributed by atoms with Gasteiger partial charge in [-0.15, -0.1) is 11.3 Å². The SMILES string of the molecule is COc1ccc(-c2csc(C(N)c3ccco3)n2)cc1OC. The maximum absolute atomic E-state index is 6.16. The fraction of sp³-hybridized carbons (Fsp3) is 0.188. The molecule has 1 atom stereocenters. The highest BCUT2D eigenvalue weighted by atomic mass is 32.1. The van der Waals surface area contributed by atoms with Crippen LogP contribution in [0.25, 0.3) is 11.3 Å².